The molecule has 0 bridgehead atoms. The van der Waals surface area contributed by atoms with Crippen LogP contribution in [0.15, 0.2) is 5.16 Å². The monoisotopic (exact) mass is 217 g/mol. The highest BCUT2D eigenvalue weighted by Crippen LogP contribution is 1.99. The summed E-state index contributed by atoms with van der Waals surface area (Å²) in [5.74, 6) is 0.103. The van der Waals surface area contributed by atoms with Gasteiger partial charge in [0.05, 0.1) is 6.10 Å². The van der Waals surface area contributed by atoms with Crippen molar-refractivity contribution in [2.45, 2.75) is 33.3 Å². The van der Waals surface area contributed by atoms with Crippen molar-refractivity contribution >= 4 is 11.9 Å². The first-order valence-electron chi connectivity index (χ1n) is 4.93. The number of nitrogens with zero attached hydrogens (tertiary/aromatic N) is 2. The van der Waals surface area contributed by atoms with Crippen LogP contribution in [0, 0.1) is 0 Å². The first kappa shape index (κ1) is 13.5. The zero-order valence-corrected chi connectivity index (χ0v) is 9.43. The minimum absolute atomic E-state index is 0.103. The molecule has 3 N–H and O–H groups in total. The van der Waals surface area contributed by atoms with Gasteiger partial charge in [-0.1, -0.05) is 5.16 Å². The van der Waals surface area contributed by atoms with Crippen LogP contribution in [0.25, 0.3) is 0 Å². The van der Waals surface area contributed by atoms with E-state index in [1.54, 1.807) is 13.8 Å². The molecule has 0 aliphatic carbocycles. The molecule has 0 aromatic carbocycles. The quantitative estimate of drug-likeness (QED) is 0.311. The Balaban J connectivity index is 4.07. The predicted octanol–water partition coefficient (Wildman–Crippen LogP) is 0.990. The number of hydrogen-bond acceptors (Lipinski definition) is 4. The van der Waals surface area contributed by atoms with Crippen molar-refractivity contribution in [3.05, 3.63) is 0 Å². The van der Waals surface area contributed by atoms with E-state index in [-0.39, 0.29) is 18.0 Å². The van der Waals surface area contributed by atoms with E-state index >= 15 is 0 Å². The molecule has 6 heteroatoms. The van der Waals surface area contributed by atoms with Gasteiger partial charge in [0.25, 0.3) is 0 Å². The van der Waals surface area contributed by atoms with Crippen molar-refractivity contribution in [2.24, 2.45) is 10.9 Å². The molecule has 0 aliphatic rings. The third-order valence-electron chi connectivity index (χ3n) is 1.74. The van der Waals surface area contributed by atoms with Gasteiger partial charge in [-0.15, -0.1) is 0 Å². The second kappa shape index (κ2) is 6.92. The van der Waals surface area contributed by atoms with E-state index in [4.69, 9.17) is 15.7 Å². The molecule has 0 radical (unpaired) electrons. The van der Waals surface area contributed by atoms with Gasteiger partial charge in [-0.05, 0) is 20.8 Å². The highest BCUT2D eigenvalue weighted by atomic mass is 16.6. The summed E-state index contributed by atoms with van der Waals surface area (Å²) < 4.78 is 5.01. The summed E-state index contributed by atoms with van der Waals surface area (Å²) in [7, 11) is 0. The Morgan fingerprint density at radius 3 is 2.60 bits per heavy atom. The Bertz CT molecular complexity index is 229. The van der Waals surface area contributed by atoms with Gasteiger partial charge in [0, 0.05) is 19.5 Å². The fourth-order valence-corrected chi connectivity index (χ4v) is 0.954. The Hall–Kier alpha value is -1.46. The van der Waals surface area contributed by atoms with E-state index in [1.165, 1.54) is 4.90 Å². The van der Waals surface area contributed by atoms with Crippen LogP contribution >= 0.6 is 0 Å². The molecule has 0 atom stereocenters. The molecular weight excluding hydrogens is 198 g/mol. The summed E-state index contributed by atoms with van der Waals surface area (Å²) in [4.78, 5) is 12.9. The van der Waals surface area contributed by atoms with Crippen molar-refractivity contribution in [1.82, 2.24) is 4.90 Å². The molecule has 1 amide bonds. The molecule has 0 rings (SSSR count). The van der Waals surface area contributed by atoms with Gasteiger partial charge in [0.15, 0.2) is 0 Å². The van der Waals surface area contributed by atoms with Crippen LogP contribution in [-0.4, -0.2) is 41.2 Å². The zero-order chi connectivity index (χ0) is 11.8. The van der Waals surface area contributed by atoms with Crippen LogP contribution in [0.5, 0.6) is 0 Å². The maximum atomic E-state index is 11.4. The molecule has 0 aromatic rings. The van der Waals surface area contributed by atoms with E-state index in [9.17, 15) is 4.79 Å². The summed E-state index contributed by atoms with van der Waals surface area (Å²) >= 11 is 0. The normalized spacial score (nSPS) is 11.6. The van der Waals surface area contributed by atoms with Crippen molar-refractivity contribution < 1.29 is 14.7 Å². The van der Waals surface area contributed by atoms with E-state index in [0.717, 1.165) is 0 Å². The summed E-state index contributed by atoms with van der Waals surface area (Å²) in [5, 5.41) is 11.2. The smallest absolute Gasteiger partial charge is 0.410 e. The number of ether oxygens (including phenoxy) is 1. The molecule has 0 spiro atoms. The zero-order valence-electron chi connectivity index (χ0n) is 9.43. The molecule has 0 fully saturated rings. The largest absolute Gasteiger partial charge is 0.447 e. The predicted molar refractivity (Wildman–Crippen MR) is 56.9 cm³/mol. The van der Waals surface area contributed by atoms with Gasteiger partial charge >= 0.3 is 6.09 Å². The molecular formula is C9H19N3O3. The van der Waals surface area contributed by atoms with Crippen LogP contribution in [0.1, 0.15) is 27.2 Å². The molecule has 0 unspecified atom stereocenters. The third kappa shape index (κ3) is 5.77. The highest BCUT2D eigenvalue weighted by Gasteiger charge is 2.14. The number of carbonyl (C=O) groups excluding carboxylic acids is 1. The Labute approximate surface area is 89.7 Å². The fraction of sp³-hybridized carbons (Fsp3) is 0.778. The summed E-state index contributed by atoms with van der Waals surface area (Å²) in [6.07, 6.45) is -0.189. The van der Waals surface area contributed by atoms with Gasteiger partial charge in [0.2, 0.25) is 0 Å². The fourth-order valence-electron chi connectivity index (χ4n) is 0.954. The summed E-state index contributed by atoms with van der Waals surface area (Å²) in [6.45, 7) is 6.33. The number of amidine groups is 1. The Morgan fingerprint density at radius 2 is 2.20 bits per heavy atom. The lowest BCUT2D eigenvalue weighted by molar-refractivity contribution is 0.0791. The molecule has 0 heterocycles. The SMILES string of the molecule is CCN(CCC(N)=NO)C(=O)OC(C)C. The molecule has 6 nitrogen and oxygen atoms in total. The topological polar surface area (TPSA) is 88.1 Å². The van der Waals surface area contributed by atoms with Crippen LogP contribution < -0.4 is 5.73 Å². The van der Waals surface area contributed by atoms with E-state index in [1.807, 2.05) is 6.92 Å². The lowest BCUT2D eigenvalue weighted by Crippen LogP contribution is -2.35. The van der Waals surface area contributed by atoms with Crippen LogP contribution in [0.4, 0.5) is 4.79 Å². The number of nitrogens with two attached hydrogens (primary N) is 1. The second-order valence-electron chi connectivity index (χ2n) is 3.35. The van der Waals surface area contributed by atoms with Gasteiger partial charge in [-0.2, -0.15) is 0 Å². The van der Waals surface area contributed by atoms with Gasteiger partial charge in [-0.25, -0.2) is 4.79 Å². The highest BCUT2D eigenvalue weighted by molar-refractivity contribution is 5.80. The van der Waals surface area contributed by atoms with Crippen molar-refractivity contribution in [2.75, 3.05) is 13.1 Å². The summed E-state index contributed by atoms with van der Waals surface area (Å²) in [5.41, 5.74) is 5.30. The number of hydrogen-bond donors (Lipinski definition) is 2. The summed E-state index contributed by atoms with van der Waals surface area (Å²) in [6, 6.07) is 0. The second-order valence-corrected chi connectivity index (χ2v) is 3.35. The molecule has 0 aromatic heterocycles. The van der Waals surface area contributed by atoms with Crippen LogP contribution in [0.3, 0.4) is 0 Å². The molecule has 0 saturated carbocycles. The van der Waals surface area contributed by atoms with Gasteiger partial charge < -0.3 is 20.6 Å². The van der Waals surface area contributed by atoms with E-state index in [2.05, 4.69) is 5.16 Å². The van der Waals surface area contributed by atoms with Gasteiger partial charge in [-0.3, -0.25) is 0 Å². The van der Waals surface area contributed by atoms with Crippen molar-refractivity contribution in [3.63, 3.8) is 0 Å². The standard InChI is InChI=1S/C9H19N3O3/c1-4-12(6-5-8(10)11-14)9(13)15-7(2)3/h7,14H,4-6H2,1-3H3,(H2,10,11). The van der Waals surface area contributed by atoms with Crippen molar-refractivity contribution in [3.8, 4) is 0 Å². The molecule has 0 aliphatic heterocycles. The number of amides is 1. The number of oxime groups is 1. The Kier molecular flexibility index (Phi) is 6.24. The van der Waals surface area contributed by atoms with Gasteiger partial charge in [0.1, 0.15) is 5.84 Å². The number of rotatable bonds is 5. The molecule has 0 saturated heterocycles. The maximum Gasteiger partial charge on any atom is 0.410 e. The first-order valence-corrected chi connectivity index (χ1v) is 4.93. The maximum absolute atomic E-state index is 11.4. The average Bonchev–Trinajstić information content (AvgIpc) is 2.17. The van der Waals surface area contributed by atoms with Crippen LogP contribution in [-0.2, 0) is 4.74 Å². The Morgan fingerprint density at radius 1 is 1.60 bits per heavy atom. The molecule has 15 heavy (non-hydrogen) atoms. The third-order valence-corrected chi connectivity index (χ3v) is 1.74. The number of carbonyl (C=O) groups is 1. The average molecular weight is 217 g/mol. The van der Waals surface area contributed by atoms with E-state index < -0.39 is 0 Å². The molecule has 88 valence electrons. The van der Waals surface area contributed by atoms with Crippen LogP contribution in [0.2, 0.25) is 0 Å². The van der Waals surface area contributed by atoms with Crippen molar-refractivity contribution in [1.29, 1.82) is 0 Å². The lowest BCUT2D eigenvalue weighted by Gasteiger charge is -2.21. The lowest BCUT2D eigenvalue weighted by atomic mass is 10.3. The minimum atomic E-state index is -0.377. The van der Waals surface area contributed by atoms with E-state index in [0.29, 0.717) is 19.5 Å². The minimum Gasteiger partial charge on any atom is -0.447 e. The first-order chi connectivity index (χ1) is 7.01.